The number of nitriles is 1. The lowest BCUT2D eigenvalue weighted by molar-refractivity contribution is -0.139. The van der Waals surface area contributed by atoms with Crippen LogP contribution in [-0.4, -0.2) is 39.2 Å². The van der Waals surface area contributed by atoms with Gasteiger partial charge in [-0.25, -0.2) is 9.59 Å². The highest BCUT2D eigenvalue weighted by Crippen LogP contribution is 2.45. The van der Waals surface area contributed by atoms with Crippen molar-refractivity contribution in [1.29, 1.82) is 5.26 Å². The van der Waals surface area contributed by atoms with Crippen LogP contribution in [0, 0.1) is 18.3 Å². The van der Waals surface area contributed by atoms with Gasteiger partial charge in [0.15, 0.2) is 0 Å². The molecule has 0 saturated carbocycles. The number of carbonyl (C=O) groups is 2. The van der Waals surface area contributed by atoms with Gasteiger partial charge in [0, 0.05) is 18.8 Å². The molecule has 1 saturated heterocycles. The number of anilines is 2. The number of hydrogen-bond donors (Lipinski definition) is 1. The number of rotatable bonds is 5. The molecule has 2 aromatic carbocycles. The monoisotopic (exact) mass is 472 g/mol. The molecule has 0 aromatic heterocycles. The van der Waals surface area contributed by atoms with E-state index in [-0.39, 0.29) is 22.7 Å². The maximum atomic E-state index is 13.3. The van der Waals surface area contributed by atoms with Gasteiger partial charge in [-0.2, -0.15) is 5.26 Å². The fourth-order valence-corrected chi connectivity index (χ4v) is 4.92. The zero-order valence-electron chi connectivity index (χ0n) is 20.1. The third kappa shape index (κ3) is 4.10. The van der Waals surface area contributed by atoms with Gasteiger partial charge < -0.3 is 20.1 Å². The Kier molecular flexibility index (Phi) is 6.78. The van der Waals surface area contributed by atoms with Gasteiger partial charge in [0.25, 0.3) is 0 Å². The average Bonchev–Trinajstić information content (AvgIpc) is 3.42. The quantitative estimate of drug-likeness (QED) is 0.659. The SMILES string of the molecule is COC(=O)C1=C(C(=O)OC)N(c2cccc(N3CCCC3)c2C)C(N)=C(C#N)C1c1ccccc1. The fourth-order valence-electron chi connectivity index (χ4n) is 4.92. The fraction of sp³-hybridized carbons (Fsp3) is 0.296. The van der Waals surface area contributed by atoms with Crippen LogP contribution in [0.25, 0.3) is 0 Å². The summed E-state index contributed by atoms with van der Waals surface area (Å²) in [6.07, 6.45) is 2.21. The molecular formula is C27H28N4O4. The van der Waals surface area contributed by atoms with E-state index in [0.29, 0.717) is 11.3 Å². The van der Waals surface area contributed by atoms with E-state index in [2.05, 4.69) is 11.0 Å². The highest BCUT2D eigenvalue weighted by atomic mass is 16.5. The van der Waals surface area contributed by atoms with Crippen LogP contribution in [0.5, 0.6) is 0 Å². The maximum Gasteiger partial charge on any atom is 0.355 e. The summed E-state index contributed by atoms with van der Waals surface area (Å²) in [5.74, 6) is -2.31. The molecule has 8 nitrogen and oxygen atoms in total. The predicted molar refractivity (Wildman–Crippen MR) is 132 cm³/mol. The van der Waals surface area contributed by atoms with Crippen molar-refractivity contribution in [3.8, 4) is 6.07 Å². The van der Waals surface area contributed by atoms with Crippen molar-refractivity contribution < 1.29 is 19.1 Å². The smallest absolute Gasteiger partial charge is 0.355 e. The van der Waals surface area contributed by atoms with Gasteiger partial charge in [0.05, 0.1) is 43.0 Å². The molecule has 1 fully saturated rings. The van der Waals surface area contributed by atoms with Gasteiger partial charge in [0.2, 0.25) is 0 Å². The van der Waals surface area contributed by atoms with Crippen LogP contribution in [-0.2, 0) is 19.1 Å². The average molecular weight is 473 g/mol. The molecule has 4 rings (SSSR count). The van der Waals surface area contributed by atoms with E-state index < -0.39 is 17.9 Å². The minimum atomic E-state index is -0.888. The Balaban J connectivity index is 2.03. The number of allylic oxidation sites excluding steroid dienone is 1. The molecule has 1 unspecified atom stereocenters. The van der Waals surface area contributed by atoms with Crippen LogP contribution in [0.2, 0.25) is 0 Å². The van der Waals surface area contributed by atoms with E-state index in [4.69, 9.17) is 15.2 Å². The molecule has 0 radical (unpaired) electrons. The maximum absolute atomic E-state index is 13.3. The zero-order valence-corrected chi connectivity index (χ0v) is 20.1. The number of benzene rings is 2. The number of methoxy groups -OCH3 is 2. The van der Waals surface area contributed by atoms with Gasteiger partial charge >= 0.3 is 11.9 Å². The number of esters is 2. The van der Waals surface area contributed by atoms with Crippen molar-refractivity contribution in [3.63, 3.8) is 0 Å². The summed E-state index contributed by atoms with van der Waals surface area (Å²) in [6, 6.07) is 16.9. The summed E-state index contributed by atoms with van der Waals surface area (Å²) in [5, 5.41) is 10.2. The van der Waals surface area contributed by atoms with Crippen LogP contribution in [0.15, 0.2) is 71.2 Å². The molecule has 2 N–H and O–H groups in total. The lowest BCUT2D eigenvalue weighted by Gasteiger charge is -2.37. The predicted octanol–water partition coefficient (Wildman–Crippen LogP) is 3.49. The molecular weight excluding hydrogens is 444 g/mol. The standard InChI is InChI=1S/C27H28N4O4/c1-17-20(30-14-7-8-15-30)12-9-13-21(17)31-24(27(33)35-3)23(26(32)34-2)22(19(16-28)25(31)29)18-10-5-4-6-11-18/h4-6,9-13,22H,7-8,14-15,29H2,1-3H3. The molecule has 35 heavy (non-hydrogen) atoms. The van der Waals surface area contributed by atoms with E-state index in [1.165, 1.54) is 19.1 Å². The normalized spacial score (nSPS) is 17.9. The molecule has 2 heterocycles. The number of nitrogens with two attached hydrogens (primary N) is 1. The molecule has 2 aromatic rings. The second-order valence-corrected chi connectivity index (χ2v) is 8.45. The zero-order chi connectivity index (χ0) is 25.1. The highest BCUT2D eigenvalue weighted by molar-refractivity contribution is 6.06. The number of ether oxygens (including phenoxy) is 2. The van der Waals surface area contributed by atoms with Crippen LogP contribution in [0.1, 0.15) is 29.9 Å². The van der Waals surface area contributed by atoms with E-state index in [1.807, 2.05) is 31.2 Å². The number of nitrogens with zero attached hydrogens (tertiary/aromatic N) is 3. The Labute approximate surface area is 204 Å². The first-order chi connectivity index (χ1) is 16.9. The van der Waals surface area contributed by atoms with Crippen molar-refractivity contribution in [1.82, 2.24) is 0 Å². The third-order valence-electron chi connectivity index (χ3n) is 6.57. The van der Waals surface area contributed by atoms with Crippen molar-refractivity contribution >= 4 is 23.3 Å². The van der Waals surface area contributed by atoms with Crippen LogP contribution in [0.4, 0.5) is 11.4 Å². The van der Waals surface area contributed by atoms with Gasteiger partial charge in [-0.15, -0.1) is 0 Å². The van der Waals surface area contributed by atoms with Gasteiger partial charge in [-0.3, -0.25) is 4.90 Å². The van der Waals surface area contributed by atoms with Crippen molar-refractivity contribution in [2.45, 2.75) is 25.7 Å². The first-order valence-electron chi connectivity index (χ1n) is 11.4. The van der Waals surface area contributed by atoms with Crippen LogP contribution < -0.4 is 15.5 Å². The Bertz CT molecular complexity index is 1250. The second kappa shape index (κ2) is 9.94. The lowest BCUT2D eigenvalue weighted by Crippen LogP contribution is -2.41. The topological polar surface area (TPSA) is 109 Å². The van der Waals surface area contributed by atoms with E-state index in [1.54, 1.807) is 24.3 Å². The largest absolute Gasteiger partial charge is 0.466 e. The van der Waals surface area contributed by atoms with Crippen LogP contribution in [0.3, 0.4) is 0 Å². The highest BCUT2D eigenvalue weighted by Gasteiger charge is 2.43. The van der Waals surface area contributed by atoms with Gasteiger partial charge in [-0.1, -0.05) is 36.4 Å². The van der Waals surface area contributed by atoms with E-state index in [9.17, 15) is 14.9 Å². The minimum absolute atomic E-state index is 0.00211. The molecule has 0 bridgehead atoms. The lowest BCUT2D eigenvalue weighted by atomic mass is 9.80. The second-order valence-electron chi connectivity index (χ2n) is 8.45. The number of hydrogen-bond acceptors (Lipinski definition) is 8. The van der Waals surface area contributed by atoms with Crippen molar-refractivity contribution in [2.24, 2.45) is 5.73 Å². The van der Waals surface area contributed by atoms with E-state index in [0.717, 1.165) is 37.2 Å². The Morgan fingerprint density at radius 2 is 1.60 bits per heavy atom. The van der Waals surface area contributed by atoms with E-state index >= 15 is 0 Å². The first-order valence-corrected chi connectivity index (χ1v) is 11.4. The van der Waals surface area contributed by atoms with Gasteiger partial charge in [-0.05, 0) is 43.0 Å². The Morgan fingerprint density at radius 1 is 0.971 bits per heavy atom. The van der Waals surface area contributed by atoms with Crippen molar-refractivity contribution in [3.05, 3.63) is 82.3 Å². The number of carbonyl (C=O) groups excluding carboxylic acids is 2. The summed E-state index contributed by atoms with van der Waals surface area (Å²) in [7, 11) is 2.48. The Hall–Kier alpha value is -4.25. The first kappa shape index (κ1) is 23.9. The van der Waals surface area contributed by atoms with Crippen LogP contribution >= 0.6 is 0 Å². The molecule has 0 aliphatic carbocycles. The molecule has 180 valence electrons. The molecule has 0 amide bonds. The summed E-state index contributed by atoms with van der Waals surface area (Å²) >= 11 is 0. The summed E-state index contributed by atoms with van der Waals surface area (Å²) < 4.78 is 10.2. The van der Waals surface area contributed by atoms with Crippen molar-refractivity contribution in [2.75, 3.05) is 37.1 Å². The van der Waals surface area contributed by atoms with Gasteiger partial charge in [0.1, 0.15) is 11.5 Å². The molecule has 0 spiro atoms. The summed E-state index contributed by atoms with van der Waals surface area (Å²) in [6.45, 7) is 3.81. The molecule has 8 heteroatoms. The molecule has 2 aliphatic rings. The minimum Gasteiger partial charge on any atom is -0.466 e. The molecule has 2 aliphatic heterocycles. The third-order valence-corrected chi connectivity index (χ3v) is 6.57. The summed E-state index contributed by atoms with van der Waals surface area (Å²) in [4.78, 5) is 30.2. The summed E-state index contributed by atoms with van der Waals surface area (Å²) in [5.41, 5.74) is 9.83. The Morgan fingerprint density at radius 3 is 2.20 bits per heavy atom. The molecule has 1 atom stereocenters.